The lowest BCUT2D eigenvalue weighted by atomic mass is 10.2. The number of carbonyl (C=O) groups is 1. The first-order valence-electron chi connectivity index (χ1n) is 8.91. The Hall–Kier alpha value is -2.42. The van der Waals surface area contributed by atoms with Crippen LogP contribution in [0.4, 0.5) is 5.69 Å². The maximum Gasteiger partial charge on any atom is 0.234 e. The van der Waals surface area contributed by atoms with Crippen molar-refractivity contribution in [1.82, 2.24) is 14.8 Å². The smallest absolute Gasteiger partial charge is 0.234 e. The van der Waals surface area contributed by atoms with E-state index in [9.17, 15) is 4.79 Å². The third-order valence-electron chi connectivity index (χ3n) is 4.16. The molecule has 3 rings (SSSR count). The average molecular weight is 467 g/mol. The Bertz CT molecular complexity index is 1060. The standard InChI is InChI=1S/C20H20Cl2N4O3S/c1-12-7-8-15(16(9-12)28-3)29-10-17-24-25-20(26(17)2)30-11-18(27)23-14-6-4-5-13(21)19(14)22/h4-9H,10-11H2,1-3H3,(H,23,27). The topological polar surface area (TPSA) is 78.3 Å². The van der Waals surface area contributed by atoms with E-state index in [4.69, 9.17) is 32.7 Å². The number of anilines is 1. The van der Waals surface area contributed by atoms with Crippen molar-refractivity contribution in [2.45, 2.75) is 18.7 Å². The second kappa shape index (κ2) is 10.1. The van der Waals surface area contributed by atoms with Crippen molar-refractivity contribution >= 4 is 46.6 Å². The lowest BCUT2D eigenvalue weighted by Crippen LogP contribution is -2.15. The molecule has 0 fully saturated rings. The van der Waals surface area contributed by atoms with Crippen LogP contribution in [0.25, 0.3) is 0 Å². The summed E-state index contributed by atoms with van der Waals surface area (Å²) in [6.45, 7) is 2.20. The molecule has 30 heavy (non-hydrogen) atoms. The SMILES string of the molecule is COc1cc(C)ccc1OCc1nnc(SCC(=O)Nc2cccc(Cl)c2Cl)n1C. The first-order chi connectivity index (χ1) is 14.4. The molecule has 0 aliphatic heterocycles. The fraction of sp³-hybridized carbons (Fsp3) is 0.250. The van der Waals surface area contributed by atoms with Gasteiger partial charge in [-0.1, -0.05) is 47.1 Å². The molecular formula is C20H20Cl2N4O3S. The van der Waals surface area contributed by atoms with Gasteiger partial charge >= 0.3 is 0 Å². The Kier molecular flexibility index (Phi) is 7.47. The highest BCUT2D eigenvalue weighted by molar-refractivity contribution is 7.99. The van der Waals surface area contributed by atoms with Crippen LogP contribution < -0.4 is 14.8 Å². The summed E-state index contributed by atoms with van der Waals surface area (Å²) in [7, 11) is 3.42. The van der Waals surface area contributed by atoms with E-state index in [0.29, 0.717) is 38.2 Å². The Morgan fingerprint density at radius 2 is 2.00 bits per heavy atom. The summed E-state index contributed by atoms with van der Waals surface area (Å²) in [4.78, 5) is 12.2. The quantitative estimate of drug-likeness (QED) is 0.482. The molecule has 1 amide bonds. The van der Waals surface area contributed by atoms with Gasteiger partial charge in [-0.05, 0) is 36.8 Å². The second-order valence-corrected chi connectivity index (χ2v) is 8.07. The van der Waals surface area contributed by atoms with E-state index in [-0.39, 0.29) is 18.3 Å². The van der Waals surface area contributed by atoms with Crippen LogP contribution in [0.15, 0.2) is 41.6 Å². The average Bonchev–Trinajstić information content (AvgIpc) is 3.08. The van der Waals surface area contributed by atoms with Gasteiger partial charge in [0.1, 0.15) is 6.61 Å². The van der Waals surface area contributed by atoms with Crippen LogP contribution >= 0.6 is 35.0 Å². The number of methoxy groups -OCH3 is 1. The zero-order valence-electron chi connectivity index (χ0n) is 16.6. The fourth-order valence-electron chi connectivity index (χ4n) is 2.55. The molecule has 0 saturated carbocycles. The number of nitrogens with one attached hydrogen (secondary N) is 1. The molecule has 2 aromatic carbocycles. The van der Waals surface area contributed by atoms with Gasteiger partial charge in [0.15, 0.2) is 22.5 Å². The van der Waals surface area contributed by atoms with Gasteiger partial charge in [0.25, 0.3) is 0 Å². The van der Waals surface area contributed by atoms with Crippen LogP contribution in [0.5, 0.6) is 11.5 Å². The number of halogens is 2. The number of thioether (sulfide) groups is 1. The Morgan fingerprint density at radius 3 is 2.77 bits per heavy atom. The molecule has 0 atom stereocenters. The molecule has 0 bridgehead atoms. The number of benzene rings is 2. The van der Waals surface area contributed by atoms with Crippen LogP contribution in [0.2, 0.25) is 10.0 Å². The van der Waals surface area contributed by atoms with E-state index in [1.165, 1.54) is 11.8 Å². The number of hydrogen-bond donors (Lipinski definition) is 1. The van der Waals surface area contributed by atoms with Gasteiger partial charge in [0.05, 0.1) is 28.6 Å². The van der Waals surface area contributed by atoms with Gasteiger partial charge < -0.3 is 19.4 Å². The molecule has 0 aliphatic rings. The lowest BCUT2D eigenvalue weighted by molar-refractivity contribution is -0.113. The lowest BCUT2D eigenvalue weighted by Gasteiger charge is -2.11. The number of hydrogen-bond acceptors (Lipinski definition) is 6. The van der Waals surface area contributed by atoms with Crippen LogP contribution in [0, 0.1) is 6.92 Å². The highest BCUT2D eigenvalue weighted by Gasteiger charge is 2.14. The highest BCUT2D eigenvalue weighted by atomic mass is 35.5. The third-order valence-corrected chi connectivity index (χ3v) is 6.00. The second-order valence-electron chi connectivity index (χ2n) is 6.34. The van der Waals surface area contributed by atoms with E-state index < -0.39 is 0 Å². The molecule has 7 nitrogen and oxygen atoms in total. The van der Waals surface area contributed by atoms with Crippen molar-refractivity contribution in [3.05, 3.63) is 57.8 Å². The fourth-order valence-corrected chi connectivity index (χ4v) is 3.63. The van der Waals surface area contributed by atoms with Gasteiger partial charge in [0, 0.05) is 7.05 Å². The Balaban J connectivity index is 1.57. The maximum atomic E-state index is 12.2. The maximum absolute atomic E-state index is 12.2. The van der Waals surface area contributed by atoms with Crippen molar-refractivity contribution in [3.63, 3.8) is 0 Å². The van der Waals surface area contributed by atoms with E-state index in [1.54, 1.807) is 29.9 Å². The zero-order chi connectivity index (χ0) is 21.7. The predicted octanol–water partition coefficient (Wildman–Crippen LogP) is 4.75. The summed E-state index contributed by atoms with van der Waals surface area (Å²) in [5.41, 5.74) is 1.54. The van der Waals surface area contributed by atoms with Gasteiger partial charge in [0.2, 0.25) is 5.91 Å². The van der Waals surface area contributed by atoms with Crippen LogP contribution in [-0.4, -0.2) is 33.5 Å². The number of amides is 1. The predicted molar refractivity (Wildman–Crippen MR) is 119 cm³/mol. The number of ether oxygens (including phenoxy) is 2. The number of aromatic nitrogens is 3. The van der Waals surface area contributed by atoms with E-state index in [2.05, 4.69) is 15.5 Å². The van der Waals surface area contributed by atoms with E-state index >= 15 is 0 Å². The molecule has 0 aliphatic carbocycles. The number of aryl methyl sites for hydroxylation is 1. The molecule has 10 heteroatoms. The Labute approximate surface area is 188 Å². The molecule has 0 radical (unpaired) electrons. The molecule has 1 heterocycles. The number of nitrogens with zero attached hydrogens (tertiary/aromatic N) is 3. The van der Waals surface area contributed by atoms with E-state index in [1.807, 2.05) is 32.2 Å². The van der Waals surface area contributed by atoms with Crippen LogP contribution in [0.1, 0.15) is 11.4 Å². The zero-order valence-corrected chi connectivity index (χ0v) is 18.9. The van der Waals surface area contributed by atoms with Crippen molar-refractivity contribution in [2.75, 3.05) is 18.2 Å². The third kappa shape index (κ3) is 5.38. The minimum atomic E-state index is -0.227. The molecule has 0 spiro atoms. The highest BCUT2D eigenvalue weighted by Crippen LogP contribution is 2.30. The monoisotopic (exact) mass is 466 g/mol. The van der Waals surface area contributed by atoms with Crippen molar-refractivity contribution in [3.8, 4) is 11.5 Å². The first-order valence-corrected chi connectivity index (χ1v) is 10.7. The van der Waals surface area contributed by atoms with Gasteiger partial charge in [-0.15, -0.1) is 10.2 Å². The summed E-state index contributed by atoms with van der Waals surface area (Å²) < 4.78 is 13.0. The molecule has 0 unspecified atom stereocenters. The Morgan fingerprint density at radius 1 is 1.20 bits per heavy atom. The first kappa shape index (κ1) is 22.3. The molecule has 3 aromatic rings. The van der Waals surface area contributed by atoms with Gasteiger partial charge in [-0.25, -0.2) is 0 Å². The molecule has 0 saturated heterocycles. The van der Waals surface area contributed by atoms with Gasteiger partial charge in [-0.2, -0.15) is 0 Å². The minimum Gasteiger partial charge on any atom is -0.493 e. The number of carbonyl (C=O) groups excluding carboxylic acids is 1. The molecule has 1 aromatic heterocycles. The van der Waals surface area contributed by atoms with Gasteiger partial charge in [-0.3, -0.25) is 4.79 Å². The summed E-state index contributed by atoms with van der Waals surface area (Å²) in [5.74, 6) is 1.82. The van der Waals surface area contributed by atoms with Crippen molar-refractivity contribution in [2.24, 2.45) is 7.05 Å². The minimum absolute atomic E-state index is 0.140. The largest absolute Gasteiger partial charge is 0.493 e. The summed E-state index contributed by atoms with van der Waals surface area (Å²) in [6, 6.07) is 10.8. The molecule has 158 valence electrons. The molecule has 1 N–H and O–H groups in total. The van der Waals surface area contributed by atoms with E-state index in [0.717, 1.165) is 5.56 Å². The summed E-state index contributed by atoms with van der Waals surface area (Å²) >= 11 is 13.3. The summed E-state index contributed by atoms with van der Waals surface area (Å²) in [5, 5.41) is 12.3. The van der Waals surface area contributed by atoms with Crippen molar-refractivity contribution < 1.29 is 14.3 Å². The van der Waals surface area contributed by atoms with Crippen LogP contribution in [-0.2, 0) is 18.4 Å². The normalized spacial score (nSPS) is 10.7. The summed E-state index contributed by atoms with van der Waals surface area (Å²) in [6.07, 6.45) is 0. The van der Waals surface area contributed by atoms with Crippen LogP contribution in [0.3, 0.4) is 0 Å². The van der Waals surface area contributed by atoms with Crippen molar-refractivity contribution in [1.29, 1.82) is 0 Å². The number of rotatable bonds is 8. The molecular weight excluding hydrogens is 447 g/mol.